The zero-order chi connectivity index (χ0) is 11.0. The lowest BCUT2D eigenvalue weighted by molar-refractivity contribution is 0.470. The molecule has 2 aliphatic carbocycles. The number of nitrogens with one attached hydrogen (secondary N) is 2. The summed E-state index contributed by atoms with van der Waals surface area (Å²) in [5.74, 6) is 2.33. The van der Waals surface area contributed by atoms with Gasteiger partial charge in [-0.25, -0.2) is 0 Å². The van der Waals surface area contributed by atoms with E-state index in [2.05, 4.69) is 20.8 Å². The molecule has 0 saturated heterocycles. The molecule has 0 aromatic carbocycles. The maximum Gasteiger partial charge on any atom is 0.315 e. The van der Waals surface area contributed by atoms with Gasteiger partial charge in [0.2, 0.25) is 5.89 Å². The minimum Gasteiger partial charge on any atom is -0.407 e. The van der Waals surface area contributed by atoms with Crippen molar-refractivity contribution in [1.29, 1.82) is 0 Å². The molecule has 2 aliphatic rings. The molecule has 1 heterocycles. The molecule has 88 valence electrons. The van der Waals surface area contributed by atoms with Crippen LogP contribution in [0.2, 0.25) is 0 Å². The van der Waals surface area contributed by atoms with Crippen molar-refractivity contribution < 1.29 is 4.42 Å². The van der Waals surface area contributed by atoms with Crippen LogP contribution in [0.5, 0.6) is 0 Å². The number of nitrogens with zero attached hydrogens (tertiary/aromatic N) is 2. The largest absolute Gasteiger partial charge is 0.407 e. The Balaban J connectivity index is 1.62. The van der Waals surface area contributed by atoms with E-state index < -0.39 is 0 Å². The van der Waals surface area contributed by atoms with Crippen LogP contribution in [0.25, 0.3) is 0 Å². The zero-order valence-electron chi connectivity index (χ0n) is 9.57. The average molecular weight is 222 g/mol. The number of anilines is 1. The zero-order valence-corrected chi connectivity index (χ0v) is 9.57. The molecule has 0 radical (unpaired) electrons. The van der Waals surface area contributed by atoms with Crippen LogP contribution in [-0.2, 0) is 6.54 Å². The molecule has 0 bridgehead atoms. The first-order chi connectivity index (χ1) is 7.86. The van der Waals surface area contributed by atoms with Crippen LogP contribution >= 0.6 is 0 Å². The van der Waals surface area contributed by atoms with Crippen molar-refractivity contribution in [3.8, 4) is 0 Å². The highest BCUT2D eigenvalue weighted by Crippen LogP contribution is 2.45. The Hall–Kier alpha value is -1.10. The topological polar surface area (TPSA) is 63.0 Å². The van der Waals surface area contributed by atoms with E-state index in [-0.39, 0.29) is 0 Å². The van der Waals surface area contributed by atoms with Crippen molar-refractivity contribution in [1.82, 2.24) is 15.5 Å². The molecular weight excluding hydrogens is 204 g/mol. The summed E-state index contributed by atoms with van der Waals surface area (Å²) in [6.45, 7) is 0.631. The van der Waals surface area contributed by atoms with Crippen LogP contribution < -0.4 is 10.6 Å². The highest BCUT2D eigenvalue weighted by molar-refractivity contribution is 5.23. The Morgan fingerprint density at radius 2 is 1.94 bits per heavy atom. The summed E-state index contributed by atoms with van der Waals surface area (Å²) in [4.78, 5) is 0. The van der Waals surface area contributed by atoms with E-state index in [9.17, 15) is 0 Å². The highest BCUT2D eigenvalue weighted by Gasteiger charge is 2.42. The van der Waals surface area contributed by atoms with Crippen LogP contribution in [0.15, 0.2) is 4.42 Å². The van der Waals surface area contributed by atoms with E-state index >= 15 is 0 Å². The fraction of sp³-hybridized carbons (Fsp3) is 0.818. The summed E-state index contributed by atoms with van der Waals surface area (Å²) in [6.07, 6.45) is 5.41. The number of hydrogen-bond acceptors (Lipinski definition) is 5. The first-order valence-electron chi connectivity index (χ1n) is 6.10. The molecule has 3 rings (SSSR count). The molecule has 0 unspecified atom stereocenters. The fourth-order valence-electron chi connectivity index (χ4n) is 2.21. The summed E-state index contributed by atoms with van der Waals surface area (Å²) in [5, 5.41) is 14.4. The molecule has 2 fully saturated rings. The lowest BCUT2D eigenvalue weighted by atomic mass is 10.1. The molecule has 16 heavy (non-hydrogen) atoms. The van der Waals surface area contributed by atoms with E-state index in [4.69, 9.17) is 4.42 Å². The number of aromatic nitrogens is 2. The molecular formula is C11H18N4O. The lowest BCUT2D eigenvalue weighted by Gasteiger charge is -2.15. The third-order valence-corrected chi connectivity index (χ3v) is 3.34. The molecule has 2 saturated carbocycles. The number of hydrogen-bond donors (Lipinski definition) is 2. The molecule has 0 amide bonds. The van der Waals surface area contributed by atoms with Crippen LogP contribution in [0.4, 0.5) is 6.01 Å². The predicted octanol–water partition coefficient (Wildman–Crippen LogP) is 1.39. The monoisotopic (exact) mass is 222 g/mol. The predicted molar refractivity (Wildman–Crippen MR) is 59.9 cm³/mol. The first-order valence-corrected chi connectivity index (χ1v) is 6.10. The Morgan fingerprint density at radius 1 is 1.25 bits per heavy atom. The number of rotatable bonds is 6. The van der Waals surface area contributed by atoms with Gasteiger partial charge in [-0.15, -0.1) is 5.10 Å². The minimum absolute atomic E-state index is 0.572. The highest BCUT2D eigenvalue weighted by atomic mass is 16.4. The molecule has 1 aromatic heterocycles. The SMILES string of the molecule is CNCc1nnc(NC(C2CC2)C2CC2)o1. The third kappa shape index (κ3) is 2.19. The van der Waals surface area contributed by atoms with Crippen molar-refractivity contribution in [2.45, 2.75) is 38.3 Å². The van der Waals surface area contributed by atoms with Gasteiger partial charge in [0.15, 0.2) is 0 Å². The minimum atomic E-state index is 0.572. The van der Waals surface area contributed by atoms with Crippen molar-refractivity contribution in [3.05, 3.63) is 5.89 Å². The van der Waals surface area contributed by atoms with Gasteiger partial charge >= 0.3 is 6.01 Å². The first kappa shape index (κ1) is 10.1. The molecule has 5 heteroatoms. The van der Waals surface area contributed by atoms with E-state index in [1.807, 2.05) is 7.05 Å². The second kappa shape index (κ2) is 4.05. The molecule has 2 N–H and O–H groups in total. The van der Waals surface area contributed by atoms with Crippen LogP contribution in [0.3, 0.4) is 0 Å². The summed E-state index contributed by atoms with van der Waals surface area (Å²) in [5.41, 5.74) is 0. The van der Waals surface area contributed by atoms with Crippen molar-refractivity contribution in [2.75, 3.05) is 12.4 Å². The summed E-state index contributed by atoms with van der Waals surface area (Å²) in [7, 11) is 1.87. The molecule has 0 spiro atoms. The maximum atomic E-state index is 5.51. The standard InChI is InChI=1S/C11H18N4O/c1-12-6-9-14-15-11(16-9)13-10(7-2-3-7)8-4-5-8/h7-8,10,12H,2-6H2,1H3,(H,13,15). The van der Waals surface area contributed by atoms with Crippen LogP contribution in [0, 0.1) is 11.8 Å². The summed E-state index contributed by atoms with van der Waals surface area (Å²) < 4.78 is 5.51. The summed E-state index contributed by atoms with van der Waals surface area (Å²) in [6, 6.07) is 1.16. The maximum absolute atomic E-state index is 5.51. The molecule has 5 nitrogen and oxygen atoms in total. The quantitative estimate of drug-likeness (QED) is 0.761. The van der Waals surface area contributed by atoms with Crippen molar-refractivity contribution in [3.63, 3.8) is 0 Å². The van der Waals surface area contributed by atoms with Gasteiger partial charge in [-0.3, -0.25) is 0 Å². The van der Waals surface area contributed by atoms with Gasteiger partial charge in [-0.1, -0.05) is 5.10 Å². The molecule has 0 aliphatic heterocycles. The van der Waals surface area contributed by atoms with Gasteiger partial charge in [0.25, 0.3) is 0 Å². The Morgan fingerprint density at radius 3 is 2.50 bits per heavy atom. The average Bonchev–Trinajstić information content (AvgIpc) is 3.17. The van der Waals surface area contributed by atoms with Crippen molar-refractivity contribution in [2.24, 2.45) is 11.8 Å². The van der Waals surface area contributed by atoms with Crippen molar-refractivity contribution >= 4 is 6.01 Å². The molecule has 1 aromatic rings. The van der Waals surface area contributed by atoms with Gasteiger partial charge in [0.05, 0.1) is 6.54 Å². The third-order valence-electron chi connectivity index (χ3n) is 3.34. The second-order valence-electron chi connectivity index (χ2n) is 4.88. The molecule has 0 atom stereocenters. The van der Waals surface area contributed by atoms with E-state index in [0.717, 1.165) is 11.8 Å². The Labute approximate surface area is 95.0 Å². The van der Waals surface area contributed by atoms with Gasteiger partial charge in [-0.05, 0) is 44.6 Å². The Bertz CT molecular complexity index is 345. The van der Waals surface area contributed by atoms with Gasteiger partial charge in [-0.2, -0.15) is 0 Å². The lowest BCUT2D eigenvalue weighted by Crippen LogP contribution is -2.24. The van der Waals surface area contributed by atoms with Gasteiger partial charge in [0.1, 0.15) is 0 Å². The van der Waals surface area contributed by atoms with E-state index in [1.165, 1.54) is 25.7 Å². The van der Waals surface area contributed by atoms with Gasteiger partial charge in [0, 0.05) is 6.04 Å². The second-order valence-corrected chi connectivity index (χ2v) is 4.88. The van der Waals surface area contributed by atoms with E-state index in [1.54, 1.807) is 0 Å². The fourth-order valence-corrected chi connectivity index (χ4v) is 2.21. The van der Waals surface area contributed by atoms with Crippen LogP contribution in [0.1, 0.15) is 31.6 Å². The summed E-state index contributed by atoms with van der Waals surface area (Å²) >= 11 is 0. The normalized spacial score (nSPS) is 20.4. The smallest absolute Gasteiger partial charge is 0.315 e. The van der Waals surface area contributed by atoms with E-state index in [0.29, 0.717) is 24.5 Å². The van der Waals surface area contributed by atoms with Crippen LogP contribution in [-0.4, -0.2) is 23.3 Å². The Kier molecular flexibility index (Phi) is 2.55. The van der Waals surface area contributed by atoms with Gasteiger partial charge < -0.3 is 15.1 Å².